The van der Waals surface area contributed by atoms with Crippen LogP contribution in [-0.2, 0) is 11.3 Å². The molecule has 0 saturated heterocycles. The Morgan fingerprint density at radius 2 is 1.81 bits per heavy atom. The molecule has 158 valence electrons. The number of benzene rings is 3. The normalized spacial score (nSPS) is 13.3. The number of hydrogen-bond donors (Lipinski definition) is 1. The number of rotatable bonds is 7. The van der Waals surface area contributed by atoms with Crippen molar-refractivity contribution in [2.75, 3.05) is 6.61 Å². The summed E-state index contributed by atoms with van der Waals surface area (Å²) >= 11 is 3.39. The van der Waals surface area contributed by atoms with Gasteiger partial charge in [-0.05, 0) is 41.8 Å². The van der Waals surface area contributed by atoms with Gasteiger partial charge in [-0.15, -0.1) is 0 Å². The Morgan fingerprint density at radius 1 is 1.06 bits per heavy atom. The zero-order valence-corrected chi connectivity index (χ0v) is 18.7. The number of ether oxygens (including phenoxy) is 1. The molecule has 4 rings (SSSR count). The number of halogens is 1. The minimum Gasteiger partial charge on any atom is -0.389 e. The van der Waals surface area contributed by atoms with Crippen molar-refractivity contribution in [3.05, 3.63) is 111 Å². The highest BCUT2D eigenvalue weighted by atomic mass is 79.9. The molecule has 0 fully saturated rings. The van der Waals surface area contributed by atoms with E-state index >= 15 is 0 Å². The van der Waals surface area contributed by atoms with E-state index in [4.69, 9.17) is 4.74 Å². The van der Waals surface area contributed by atoms with Gasteiger partial charge in [-0.25, -0.2) is 4.98 Å². The summed E-state index contributed by atoms with van der Waals surface area (Å²) in [5.74, 6) is 0. The summed E-state index contributed by atoms with van der Waals surface area (Å²) in [6.45, 7) is 2.23. The van der Waals surface area contributed by atoms with Crippen molar-refractivity contribution in [2.24, 2.45) is 0 Å². The van der Waals surface area contributed by atoms with Crippen LogP contribution in [-0.4, -0.2) is 27.4 Å². The lowest BCUT2D eigenvalue weighted by Gasteiger charge is -2.23. The van der Waals surface area contributed by atoms with Crippen LogP contribution in [0.4, 0.5) is 0 Å². The fourth-order valence-corrected chi connectivity index (χ4v) is 3.98. The maximum atomic E-state index is 12.8. The fourth-order valence-electron chi connectivity index (χ4n) is 3.62. The van der Waals surface area contributed by atoms with Crippen LogP contribution in [0.5, 0.6) is 0 Å². The van der Waals surface area contributed by atoms with E-state index < -0.39 is 6.10 Å². The number of nitrogens with zero attached hydrogens (tertiary/aromatic N) is 2. The van der Waals surface area contributed by atoms with Gasteiger partial charge in [-0.1, -0.05) is 70.5 Å². The molecule has 3 aromatic carbocycles. The van der Waals surface area contributed by atoms with Gasteiger partial charge in [0.15, 0.2) is 0 Å². The number of aliphatic hydroxyl groups is 1. The molecular formula is C25H23BrN2O3. The standard InChI is InChI=1S/C25H23BrN2O3/c1-17-7-5-6-10-21(17)24(18-8-3-2-4-9-18)31-15-20(29)14-28-16-27-23-12-11-19(26)13-22(23)25(28)30/h2-13,16,20,24,29H,14-15H2,1H3/t20-,24-/m0/s1. The molecule has 0 bridgehead atoms. The second-order valence-corrected chi connectivity index (χ2v) is 8.41. The lowest BCUT2D eigenvalue weighted by atomic mass is 9.97. The van der Waals surface area contributed by atoms with Crippen molar-refractivity contribution >= 4 is 26.8 Å². The van der Waals surface area contributed by atoms with Gasteiger partial charge in [-0.2, -0.15) is 0 Å². The molecule has 0 aliphatic heterocycles. The molecule has 0 radical (unpaired) electrons. The Balaban J connectivity index is 1.53. The first kappa shape index (κ1) is 21.4. The summed E-state index contributed by atoms with van der Waals surface area (Å²) in [5, 5.41) is 11.2. The second-order valence-electron chi connectivity index (χ2n) is 7.50. The van der Waals surface area contributed by atoms with Gasteiger partial charge in [0, 0.05) is 4.47 Å². The molecule has 4 aromatic rings. The van der Waals surface area contributed by atoms with E-state index in [0.717, 1.165) is 21.2 Å². The van der Waals surface area contributed by atoms with Crippen molar-refractivity contribution in [1.82, 2.24) is 9.55 Å². The molecule has 0 amide bonds. The first-order valence-corrected chi connectivity index (χ1v) is 10.9. The SMILES string of the molecule is Cc1ccccc1[C@@H](OC[C@@H](O)Cn1cnc2ccc(Br)cc2c1=O)c1ccccc1. The van der Waals surface area contributed by atoms with Crippen LogP contribution in [0.15, 0.2) is 88.4 Å². The zero-order chi connectivity index (χ0) is 21.8. The third-order valence-corrected chi connectivity index (χ3v) is 5.72. The third-order valence-electron chi connectivity index (χ3n) is 5.22. The van der Waals surface area contributed by atoms with Gasteiger partial charge in [0.05, 0.1) is 36.5 Å². The molecule has 1 aromatic heterocycles. The largest absolute Gasteiger partial charge is 0.389 e. The Kier molecular flexibility index (Phi) is 6.61. The molecule has 0 aliphatic carbocycles. The summed E-state index contributed by atoms with van der Waals surface area (Å²) < 4.78 is 8.42. The van der Waals surface area contributed by atoms with E-state index in [1.807, 2.05) is 67.6 Å². The Morgan fingerprint density at radius 3 is 2.58 bits per heavy atom. The number of aromatic nitrogens is 2. The molecule has 0 aliphatic rings. The van der Waals surface area contributed by atoms with Gasteiger partial charge in [0.2, 0.25) is 0 Å². The first-order chi connectivity index (χ1) is 15.0. The van der Waals surface area contributed by atoms with Gasteiger partial charge in [0.25, 0.3) is 5.56 Å². The predicted octanol–water partition coefficient (Wildman–Crippen LogP) is 4.63. The third kappa shape index (κ3) is 4.93. The molecule has 5 nitrogen and oxygen atoms in total. The Bertz CT molecular complexity index is 1240. The molecule has 1 heterocycles. The topological polar surface area (TPSA) is 64.3 Å². The summed E-state index contributed by atoms with van der Waals surface area (Å²) in [6, 6.07) is 23.4. The number of aliphatic hydroxyl groups excluding tert-OH is 1. The van der Waals surface area contributed by atoms with E-state index in [1.165, 1.54) is 10.9 Å². The zero-order valence-electron chi connectivity index (χ0n) is 17.1. The summed E-state index contributed by atoms with van der Waals surface area (Å²) in [5.41, 5.74) is 3.61. The van der Waals surface area contributed by atoms with Crippen molar-refractivity contribution < 1.29 is 9.84 Å². The monoisotopic (exact) mass is 478 g/mol. The highest BCUT2D eigenvalue weighted by Gasteiger charge is 2.19. The first-order valence-electron chi connectivity index (χ1n) is 10.1. The summed E-state index contributed by atoms with van der Waals surface area (Å²) in [4.78, 5) is 17.1. The van der Waals surface area contributed by atoms with Crippen molar-refractivity contribution in [1.29, 1.82) is 0 Å². The van der Waals surface area contributed by atoms with Crippen LogP contribution in [0.25, 0.3) is 10.9 Å². The lowest BCUT2D eigenvalue weighted by molar-refractivity contribution is -0.00119. The van der Waals surface area contributed by atoms with Crippen molar-refractivity contribution in [2.45, 2.75) is 25.7 Å². The average molecular weight is 479 g/mol. The number of hydrogen-bond acceptors (Lipinski definition) is 4. The minimum absolute atomic E-state index is 0.0802. The molecule has 6 heteroatoms. The highest BCUT2D eigenvalue weighted by Crippen LogP contribution is 2.28. The fraction of sp³-hybridized carbons (Fsp3) is 0.200. The van der Waals surface area contributed by atoms with Gasteiger partial charge < -0.3 is 9.84 Å². The molecule has 2 atom stereocenters. The molecule has 0 unspecified atom stereocenters. The molecular weight excluding hydrogens is 456 g/mol. The van der Waals surface area contributed by atoms with Crippen LogP contribution >= 0.6 is 15.9 Å². The van der Waals surface area contributed by atoms with E-state index in [0.29, 0.717) is 10.9 Å². The summed E-state index contributed by atoms with van der Waals surface area (Å²) in [6.07, 6.45) is 0.302. The predicted molar refractivity (Wildman–Crippen MR) is 125 cm³/mol. The average Bonchev–Trinajstić information content (AvgIpc) is 2.78. The molecule has 0 spiro atoms. The van der Waals surface area contributed by atoms with E-state index in [1.54, 1.807) is 12.1 Å². The van der Waals surface area contributed by atoms with E-state index in [2.05, 4.69) is 20.9 Å². The van der Waals surface area contributed by atoms with Gasteiger partial charge in [-0.3, -0.25) is 9.36 Å². The van der Waals surface area contributed by atoms with Gasteiger partial charge in [0.1, 0.15) is 6.10 Å². The van der Waals surface area contributed by atoms with Crippen LogP contribution in [0.2, 0.25) is 0 Å². The molecule has 1 N–H and O–H groups in total. The Hall–Kier alpha value is -2.80. The minimum atomic E-state index is -0.862. The van der Waals surface area contributed by atoms with Crippen molar-refractivity contribution in [3.63, 3.8) is 0 Å². The van der Waals surface area contributed by atoms with Crippen LogP contribution in [0.3, 0.4) is 0 Å². The highest BCUT2D eigenvalue weighted by molar-refractivity contribution is 9.10. The smallest absolute Gasteiger partial charge is 0.261 e. The molecule has 31 heavy (non-hydrogen) atoms. The molecule has 0 saturated carbocycles. The number of fused-ring (bicyclic) bond motifs is 1. The maximum Gasteiger partial charge on any atom is 0.261 e. The number of aryl methyl sites for hydroxylation is 1. The van der Waals surface area contributed by atoms with E-state index in [-0.39, 0.29) is 24.8 Å². The van der Waals surface area contributed by atoms with Crippen LogP contribution in [0.1, 0.15) is 22.8 Å². The maximum absolute atomic E-state index is 12.8. The quantitative estimate of drug-likeness (QED) is 0.420. The van der Waals surface area contributed by atoms with E-state index in [9.17, 15) is 9.90 Å². The Labute approximate surface area is 189 Å². The van der Waals surface area contributed by atoms with Crippen LogP contribution in [0, 0.1) is 6.92 Å². The van der Waals surface area contributed by atoms with Crippen LogP contribution < -0.4 is 5.56 Å². The van der Waals surface area contributed by atoms with Crippen molar-refractivity contribution in [3.8, 4) is 0 Å². The summed E-state index contributed by atoms with van der Waals surface area (Å²) in [7, 11) is 0. The lowest BCUT2D eigenvalue weighted by Crippen LogP contribution is -2.30. The van der Waals surface area contributed by atoms with Gasteiger partial charge >= 0.3 is 0 Å². The second kappa shape index (κ2) is 9.56.